The van der Waals surface area contributed by atoms with E-state index in [2.05, 4.69) is 198 Å². The van der Waals surface area contributed by atoms with Crippen LogP contribution in [0.25, 0.3) is 35.2 Å². The lowest BCUT2D eigenvalue weighted by Crippen LogP contribution is -2.12. The monoisotopic (exact) mass is 834 g/mol. The summed E-state index contributed by atoms with van der Waals surface area (Å²) in [6, 6.07) is 51.9. The summed E-state index contributed by atoms with van der Waals surface area (Å²) in [5, 5.41) is 5.81. The minimum Gasteiger partial charge on any atom is -0.347 e. The van der Waals surface area contributed by atoms with E-state index in [0.29, 0.717) is 0 Å². The van der Waals surface area contributed by atoms with Gasteiger partial charge in [-0.05, 0) is 82.5 Å². The molecular formula is C61H87N. The van der Waals surface area contributed by atoms with Gasteiger partial charge in [0.1, 0.15) is 0 Å². The molecule has 0 radical (unpaired) electrons. The molecule has 0 aliphatic carbocycles. The number of hydrogen-bond donors (Lipinski definition) is 0. The molecule has 0 saturated carbocycles. The van der Waals surface area contributed by atoms with Gasteiger partial charge in [-0.25, -0.2) is 0 Å². The Morgan fingerprint density at radius 3 is 1.00 bits per heavy atom. The van der Waals surface area contributed by atoms with E-state index < -0.39 is 0 Å². The maximum absolute atomic E-state index is 4.04. The molecule has 0 fully saturated rings. The van der Waals surface area contributed by atoms with Gasteiger partial charge in [0.05, 0.1) is 0 Å². The number of benzene rings is 6. The van der Waals surface area contributed by atoms with E-state index in [1.165, 1.54) is 77.1 Å². The molecule has 0 N–H and O–H groups in total. The molecule has 0 atom stereocenters. The number of rotatable bonds is 4. The summed E-state index contributed by atoms with van der Waals surface area (Å²) in [7, 11) is 2.15. The van der Waals surface area contributed by atoms with Crippen molar-refractivity contribution in [1.29, 1.82) is 0 Å². The summed E-state index contributed by atoms with van der Waals surface area (Å²) in [5.41, 5.74) is 13.9. The van der Waals surface area contributed by atoms with Gasteiger partial charge in [-0.1, -0.05) is 267 Å². The van der Waals surface area contributed by atoms with Crippen LogP contribution in [0, 0.1) is 27.7 Å². The third-order valence-electron chi connectivity index (χ3n) is 9.16. The minimum atomic E-state index is 0. The van der Waals surface area contributed by atoms with E-state index in [1.54, 1.807) is 0 Å². The van der Waals surface area contributed by atoms with Gasteiger partial charge in [0.2, 0.25) is 0 Å². The third-order valence-corrected chi connectivity index (χ3v) is 9.16. The topological polar surface area (TPSA) is 4.93 Å². The molecule has 0 saturated heterocycles. The molecule has 7 aromatic rings. The molecule has 0 amide bonds. The summed E-state index contributed by atoms with van der Waals surface area (Å²) in [5.74, 6) is 0. The van der Waals surface area contributed by atoms with Crippen LogP contribution in [0.15, 0.2) is 146 Å². The lowest BCUT2D eigenvalue weighted by molar-refractivity contribution is 0.915. The fourth-order valence-electron chi connectivity index (χ4n) is 6.30. The number of hydrogen-bond acceptors (Lipinski definition) is 0. The van der Waals surface area contributed by atoms with E-state index in [0.717, 1.165) is 10.4 Å². The fraction of sp³-hybridized carbons (Fsp3) is 0.311. The van der Waals surface area contributed by atoms with Crippen LogP contribution in [0.2, 0.25) is 0 Å². The van der Waals surface area contributed by atoms with Crippen molar-refractivity contribution in [2.45, 2.75) is 126 Å². The smallest absolute Gasteiger partial charge is 0.0486 e. The van der Waals surface area contributed by atoms with Crippen LogP contribution in [0.3, 0.4) is 0 Å². The lowest BCUT2D eigenvalue weighted by Gasteiger charge is -2.11. The highest BCUT2D eigenvalue weighted by Crippen LogP contribution is 2.33. The van der Waals surface area contributed by atoms with Crippen molar-refractivity contribution in [2.75, 3.05) is 0 Å². The van der Waals surface area contributed by atoms with Gasteiger partial charge in [0.25, 0.3) is 0 Å². The van der Waals surface area contributed by atoms with Crippen LogP contribution >= 0.6 is 0 Å². The minimum absolute atomic E-state index is 0. The SMILES string of the molecule is C.C.C=c1ccc(=C(c2ccc(C)cc2)c2c(C)n(C)c3ccccc23)cc1.C=c1ccc(=C(c2ccc(C)cc2)c2ccc(C)cc2)cc1.CC.CC.CC.CC.CC.CC. The molecule has 1 heteroatoms. The predicted molar refractivity (Wildman–Crippen MR) is 288 cm³/mol. The van der Waals surface area contributed by atoms with Crippen LogP contribution in [0.5, 0.6) is 0 Å². The maximum atomic E-state index is 4.04. The van der Waals surface area contributed by atoms with E-state index in [4.69, 9.17) is 0 Å². The molecule has 62 heavy (non-hydrogen) atoms. The van der Waals surface area contributed by atoms with Gasteiger partial charge in [-0.15, -0.1) is 0 Å². The van der Waals surface area contributed by atoms with E-state index in [1.807, 2.05) is 83.1 Å². The molecule has 0 spiro atoms. The first-order valence-electron chi connectivity index (χ1n) is 22.5. The summed E-state index contributed by atoms with van der Waals surface area (Å²) in [4.78, 5) is 0. The molecular weight excluding hydrogens is 747 g/mol. The van der Waals surface area contributed by atoms with Gasteiger partial charge in [0.15, 0.2) is 0 Å². The zero-order chi connectivity index (χ0) is 45.8. The zero-order valence-corrected chi connectivity index (χ0v) is 40.7. The predicted octanol–water partition coefficient (Wildman–Crippen LogP) is 15.8. The Morgan fingerprint density at radius 2 is 0.661 bits per heavy atom. The number of fused-ring (bicyclic) bond motifs is 1. The second-order valence-corrected chi connectivity index (χ2v) is 12.8. The van der Waals surface area contributed by atoms with E-state index in [9.17, 15) is 0 Å². The highest BCUT2D eigenvalue weighted by atomic mass is 14.9. The number of para-hydroxylation sites is 1. The van der Waals surface area contributed by atoms with Crippen LogP contribution in [0.1, 0.15) is 143 Å². The third kappa shape index (κ3) is 17.0. The largest absolute Gasteiger partial charge is 0.347 e. The number of aromatic nitrogens is 1. The van der Waals surface area contributed by atoms with E-state index in [-0.39, 0.29) is 14.9 Å². The molecule has 0 bridgehead atoms. The molecule has 6 aromatic carbocycles. The van der Waals surface area contributed by atoms with Crippen molar-refractivity contribution < 1.29 is 0 Å². The Bertz CT molecular complexity index is 2350. The summed E-state index contributed by atoms with van der Waals surface area (Å²) in [6.07, 6.45) is 0. The van der Waals surface area contributed by atoms with Crippen molar-refractivity contribution in [2.24, 2.45) is 7.05 Å². The standard InChI is InChI=1S/C25H23N.C22H20.6C2H6.2CH4/c1-17-9-13-20(14-10-17)25(21-15-11-18(2)12-16-21)24-19(3)26(4)23-8-6-5-7-22(23)24;1-16-4-10-19(11-5-16)22(20-12-6-17(2)7-13-20)21-14-8-18(3)9-15-21;6*1-2;;/h5-16H,1H2,2-4H3;4-15H,1H2,2-3H3;6*1-2H3;2*1H4. The highest BCUT2D eigenvalue weighted by Gasteiger charge is 2.17. The van der Waals surface area contributed by atoms with E-state index >= 15 is 0 Å². The van der Waals surface area contributed by atoms with Gasteiger partial charge in [0, 0.05) is 29.2 Å². The van der Waals surface area contributed by atoms with Crippen LogP contribution in [0.4, 0.5) is 0 Å². The van der Waals surface area contributed by atoms with Crippen molar-refractivity contribution in [3.05, 3.63) is 211 Å². The normalized spacial score (nSPS) is 8.92. The first-order valence-corrected chi connectivity index (χ1v) is 22.5. The highest BCUT2D eigenvalue weighted by molar-refractivity contribution is 5.98. The summed E-state index contributed by atoms with van der Waals surface area (Å²) < 4.78 is 2.29. The first-order chi connectivity index (χ1) is 29.2. The molecule has 1 nitrogen and oxygen atoms in total. The molecule has 336 valence electrons. The average molecular weight is 834 g/mol. The van der Waals surface area contributed by atoms with Crippen LogP contribution in [-0.4, -0.2) is 4.57 Å². The molecule has 0 aliphatic rings. The fourth-order valence-corrected chi connectivity index (χ4v) is 6.30. The number of nitrogens with zero attached hydrogens (tertiary/aromatic N) is 1. The molecule has 0 aliphatic heterocycles. The van der Waals surface area contributed by atoms with Gasteiger partial charge in [-0.2, -0.15) is 0 Å². The summed E-state index contributed by atoms with van der Waals surface area (Å²) >= 11 is 0. The Balaban J connectivity index is -0.000000888. The molecule has 7 rings (SSSR count). The Morgan fingerprint density at radius 1 is 0.371 bits per heavy atom. The molecule has 1 heterocycles. The van der Waals surface area contributed by atoms with Crippen molar-refractivity contribution >= 4 is 35.2 Å². The Labute approximate surface area is 382 Å². The van der Waals surface area contributed by atoms with Crippen LogP contribution < -0.4 is 20.9 Å². The van der Waals surface area contributed by atoms with Crippen molar-refractivity contribution in [3.63, 3.8) is 0 Å². The second kappa shape index (κ2) is 34.0. The molecule has 0 unspecified atom stereocenters. The first kappa shape index (κ1) is 60.6. The lowest BCUT2D eigenvalue weighted by atomic mass is 9.92. The quantitative estimate of drug-likeness (QED) is 0.166. The molecule has 1 aromatic heterocycles. The number of aryl methyl sites for hydroxylation is 4. The van der Waals surface area contributed by atoms with Gasteiger partial charge >= 0.3 is 0 Å². The maximum Gasteiger partial charge on any atom is 0.0486 e. The average Bonchev–Trinajstić information content (AvgIpc) is 3.56. The van der Waals surface area contributed by atoms with Crippen molar-refractivity contribution in [3.8, 4) is 0 Å². The van der Waals surface area contributed by atoms with Gasteiger partial charge in [-0.3, -0.25) is 0 Å². The Hall–Kier alpha value is -5.66. The second-order valence-electron chi connectivity index (χ2n) is 12.8. The zero-order valence-electron chi connectivity index (χ0n) is 40.7. The van der Waals surface area contributed by atoms with Crippen LogP contribution in [-0.2, 0) is 7.05 Å². The van der Waals surface area contributed by atoms with Crippen molar-refractivity contribution in [1.82, 2.24) is 4.57 Å². The Kier molecular flexibility index (Phi) is 33.2. The summed E-state index contributed by atoms with van der Waals surface area (Å²) in [6.45, 7) is 40.6. The van der Waals surface area contributed by atoms with Gasteiger partial charge < -0.3 is 4.57 Å².